The van der Waals surface area contributed by atoms with Crippen molar-refractivity contribution in [3.8, 4) is 11.4 Å². The van der Waals surface area contributed by atoms with Crippen molar-refractivity contribution in [3.63, 3.8) is 0 Å². The van der Waals surface area contributed by atoms with Crippen LogP contribution in [0.4, 0.5) is 4.39 Å². The standard InChI is InChI=1S/C12H11BrFN3O/c13-8-4-7(5-9(14)6-8)11-16-12(18-17-11)10-2-1-3-15-10/h4-6,10,15H,1-3H2. The van der Waals surface area contributed by atoms with Gasteiger partial charge in [-0.1, -0.05) is 21.1 Å². The molecule has 3 rings (SSSR count). The van der Waals surface area contributed by atoms with Gasteiger partial charge in [-0.15, -0.1) is 0 Å². The van der Waals surface area contributed by atoms with Gasteiger partial charge in [0.25, 0.3) is 0 Å². The maximum absolute atomic E-state index is 13.3. The smallest absolute Gasteiger partial charge is 0.244 e. The minimum absolute atomic E-state index is 0.128. The minimum Gasteiger partial charge on any atom is -0.337 e. The molecule has 0 saturated carbocycles. The normalized spacial score (nSPS) is 19.3. The molecule has 1 aromatic carbocycles. The second-order valence-electron chi connectivity index (χ2n) is 4.26. The third-order valence-corrected chi connectivity index (χ3v) is 3.38. The van der Waals surface area contributed by atoms with Crippen LogP contribution >= 0.6 is 15.9 Å². The molecule has 4 nitrogen and oxygen atoms in total. The van der Waals surface area contributed by atoms with Crippen LogP contribution in [0.3, 0.4) is 0 Å². The molecule has 0 spiro atoms. The monoisotopic (exact) mass is 311 g/mol. The van der Waals surface area contributed by atoms with E-state index in [2.05, 4.69) is 31.4 Å². The van der Waals surface area contributed by atoms with Crippen molar-refractivity contribution in [2.75, 3.05) is 6.54 Å². The van der Waals surface area contributed by atoms with E-state index in [1.54, 1.807) is 6.07 Å². The highest BCUT2D eigenvalue weighted by molar-refractivity contribution is 9.10. The van der Waals surface area contributed by atoms with E-state index in [0.29, 0.717) is 21.8 Å². The van der Waals surface area contributed by atoms with Crippen LogP contribution < -0.4 is 5.32 Å². The lowest BCUT2D eigenvalue weighted by molar-refractivity contribution is 0.345. The Hall–Kier alpha value is -1.27. The molecule has 2 aromatic rings. The van der Waals surface area contributed by atoms with Gasteiger partial charge in [0, 0.05) is 10.0 Å². The van der Waals surface area contributed by atoms with Crippen molar-refractivity contribution in [2.24, 2.45) is 0 Å². The fourth-order valence-electron chi connectivity index (χ4n) is 2.07. The molecule has 0 aliphatic carbocycles. The van der Waals surface area contributed by atoms with Gasteiger partial charge in [-0.25, -0.2) is 4.39 Å². The lowest BCUT2D eigenvalue weighted by Gasteiger charge is -2.01. The molecular weight excluding hydrogens is 301 g/mol. The van der Waals surface area contributed by atoms with Gasteiger partial charge < -0.3 is 9.84 Å². The largest absolute Gasteiger partial charge is 0.337 e. The second-order valence-corrected chi connectivity index (χ2v) is 5.18. The molecule has 94 valence electrons. The molecule has 1 aliphatic heterocycles. The van der Waals surface area contributed by atoms with E-state index in [1.807, 2.05) is 0 Å². The van der Waals surface area contributed by atoms with Crippen LogP contribution in [-0.2, 0) is 0 Å². The summed E-state index contributed by atoms with van der Waals surface area (Å²) in [5.74, 6) is 0.659. The van der Waals surface area contributed by atoms with Crippen LogP contribution in [0.15, 0.2) is 27.2 Å². The third kappa shape index (κ3) is 2.30. The Kier molecular flexibility index (Phi) is 3.13. The molecule has 1 saturated heterocycles. The highest BCUT2D eigenvalue weighted by Crippen LogP contribution is 2.26. The van der Waals surface area contributed by atoms with Crippen LogP contribution in [0.1, 0.15) is 24.8 Å². The van der Waals surface area contributed by atoms with E-state index in [9.17, 15) is 4.39 Å². The van der Waals surface area contributed by atoms with E-state index < -0.39 is 0 Å². The van der Waals surface area contributed by atoms with E-state index in [4.69, 9.17) is 4.52 Å². The molecule has 18 heavy (non-hydrogen) atoms. The molecule has 1 aromatic heterocycles. The SMILES string of the molecule is Fc1cc(Br)cc(-c2noc(C3CCCN3)n2)c1. The molecular formula is C12H11BrFN3O. The Labute approximate surface area is 112 Å². The van der Waals surface area contributed by atoms with Crippen molar-refractivity contribution in [3.05, 3.63) is 34.4 Å². The number of benzene rings is 1. The first-order valence-corrected chi connectivity index (χ1v) is 6.55. The molecule has 0 amide bonds. The molecule has 1 N–H and O–H groups in total. The van der Waals surface area contributed by atoms with Gasteiger partial charge in [0.05, 0.1) is 6.04 Å². The number of hydrogen-bond acceptors (Lipinski definition) is 4. The van der Waals surface area contributed by atoms with E-state index in [1.165, 1.54) is 12.1 Å². The summed E-state index contributed by atoms with van der Waals surface area (Å²) in [5, 5.41) is 7.18. The number of halogens is 2. The number of hydrogen-bond donors (Lipinski definition) is 1. The van der Waals surface area contributed by atoms with Crippen molar-refractivity contribution in [1.82, 2.24) is 15.5 Å². The van der Waals surface area contributed by atoms with Gasteiger partial charge in [-0.2, -0.15) is 4.98 Å². The Bertz CT molecular complexity index is 546. The summed E-state index contributed by atoms with van der Waals surface area (Å²) in [7, 11) is 0. The molecule has 2 heterocycles. The lowest BCUT2D eigenvalue weighted by Crippen LogP contribution is -2.12. The van der Waals surface area contributed by atoms with Gasteiger partial charge in [-0.3, -0.25) is 0 Å². The van der Waals surface area contributed by atoms with E-state index >= 15 is 0 Å². The highest BCUT2D eigenvalue weighted by atomic mass is 79.9. The number of nitrogens with zero attached hydrogens (tertiary/aromatic N) is 2. The summed E-state index contributed by atoms with van der Waals surface area (Å²) in [6, 6.07) is 4.67. The van der Waals surface area contributed by atoms with Gasteiger partial charge in [0.2, 0.25) is 11.7 Å². The zero-order valence-corrected chi connectivity index (χ0v) is 11.1. The number of rotatable bonds is 2. The third-order valence-electron chi connectivity index (χ3n) is 2.92. The Morgan fingerprint density at radius 3 is 3.00 bits per heavy atom. The van der Waals surface area contributed by atoms with Gasteiger partial charge >= 0.3 is 0 Å². The van der Waals surface area contributed by atoms with Crippen molar-refractivity contribution >= 4 is 15.9 Å². The number of aromatic nitrogens is 2. The Morgan fingerprint density at radius 2 is 2.28 bits per heavy atom. The Morgan fingerprint density at radius 1 is 1.39 bits per heavy atom. The zero-order valence-electron chi connectivity index (χ0n) is 9.49. The molecule has 0 radical (unpaired) electrons. The maximum Gasteiger partial charge on any atom is 0.244 e. The van der Waals surface area contributed by atoms with Gasteiger partial charge in [0.15, 0.2) is 0 Å². The fourth-order valence-corrected chi connectivity index (χ4v) is 2.54. The van der Waals surface area contributed by atoms with Crippen LogP contribution in [0.25, 0.3) is 11.4 Å². The van der Waals surface area contributed by atoms with Crippen LogP contribution in [0.5, 0.6) is 0 Å². The molecule has 1 aliphatic rings. The molecule has 1 unspecified atom stereocenters. The maximum atomic E-state index is 13.3. The van der Waals surface area contributed by atoms with Crippen molar-refractivity contribution in [1.29, 1.82) is 0 Å². The fraction of sp³-hybridized carbons (Fsp3) is 0.333. The lowest BCUT2D eigenvalue weighted by atomic mass is 10.2. The minimum atomic E-state index is -0.329. The van der Waals surface area contributed by atoms with Crippen LogP contribution in [-0.4, -0.2) is 16.7 Å². The van der Waals surface area contributed by atoms with Crippen molar-refractivity contribution in [2.45, 2.75) is 18.9 Å². The first kappa shape index (κ1) is 11.8. The van der Waals surface area contributed by atoms with Crippen LogP contribution in [0.2, 0.25) is 0 Å². The first-order chi connectivity index (χ1) is 8.72. The quantitative estimate of drug-likeness (QED) is 0.926. The summed E-state index contributed by atoms with van der Waals surface area (Å²) < 4.78 is 19.2. The van der Waals surface area contributed by atoms with Gasteiger partial charge in [-0.05, 0) is 37.6 Å². The summed E-state index contributed by atoms with van der Waals surface area (Å²) in [4.78, 5) is 4.32. The summed E-state index contributed by atoms with van der Waals surface area (Å²) >= 11 is 3.24. The summed E-state index contributed by atoms with van der Waals surface area (Å²) in [6.07, 6.45) is 2.10. The molecule has 6 heteroatoms. The van der Waals surface area contributed by atoms with Crippen molar-refractivity contribution < 1.29 is 8.91 Å². The predicted molar refractivity (Wildman–Crippen MR) is 67.4 cm³/mol. The molecule has 1 fully saturated rings. The number of nitrogens with one attached hydrogen (secondary N) is 1. The second kappa shape index (κ2) is 4.78. The van der Waals surface area contributed by atoms with Crippen LogP contribution in [0, 0.1) is 5.82 Å². The summed E-state index contributed by atoms with van der Waals surface area (Å²) in [5.41, 5.74) is 0.606. The van der Waals surface area contributed by atoms with E-state index in [-0.39, 0.29) is 11.9 Å². The zero-order chi connectivity index (χ0) is 12.5. The molecule has 1 atom stereocenters. The highest BCUT2D eigenvalue weighted by Gasteiger charge is 2.22. The topological polar surface area (TPSA) is 51.0 Å². The Balaban J connectivity index is 1.92. The summed E-state index contributed by atoms with van der Waals surface area (Å²) in [6.45, 7) is 0.966. The predicted octanol–water partition coefficient (Wildman–Crippen LogP) is 3.06. The van der Waals surface area contributed by atoms with E-state index in [0.717, 1.165) is 19.4 Å². The molecule has 0 bridgehead atoms. The van der Waals surface area contributed by atoms with Gasteiger partial charge in [0.1, 0.15) is 5.82 Å². The average molecular weight is 312 g/mol. The average Bonchev–Trinajstić information content (AvgIpc) is 2.99. The first-order valence-electron chi connectivity index (χ1n) is 5.76.